The van der Waals surface area contributed by atoms with Gasteiger partial charge in [0.15, 0.2) is 0 Å². The lowest BCUT2D eigenvalue weighted by atomic mass is 9.92. The number of hydrogen-bond donors (Lipinski definition) is 1. The fraction of sp³-hybridized carbons (Fsp3) is 0.500. The normalized spacial score (nSPS) is 25.9. The van der Waals surface area contributed by atoms with Gasteiger partial charge in [0.1, 0.15) is 0 Å². The van der Waals surface area contributed by atoms with E-state index in [0.717, 1.165) is 43.6 Å². The molecule has 1 aromatic heterocycles. The lowest BCUT2D eigenvalue weighted by Crippen LogP contribution is -2.44. The highest BCUT2D eigenvalue weighted by atomic mass is 16.4. The molecule has 2 saturated heterocycles. The van der Waals surface area contributed by atoms with Crippen LogP contribution in [0.2, 0.25) is 0 Å². The minimum Gasteiger partial charge on any atom is -0.419 e. The highest BCUT2D eigenvalue weighted by Gasteiger charge is 2.35. The lowest BCUT2D eigenvalue weighted by molar-refractivity contribution is 0.107. The summed E-state index contributed by atoms with van der Waals surface area (Å²) in [5, 5.41) is 11.9. The molecule has 0 radical (unpaired) electrons. The van der Waals surface area contributed by atoms with Crippen LogP contribution in [0.1, 0.15) is 18.7 Å². The average Bonchev–Trinajstić information content (AvgIpc) is 3.17. The summed E-state index contributed by atoms with van der Waals surface area (Å²) in [6.45, 7) is 4.14. The van der Waals surface area contributed by atoms with E-state index in [1.54, 1.807) is 0 Å². The Morgan fingerprint density at radius 2 is 2.10 bits per heavy atom. The molecule has 2 unspecified atom stereocenters. The fourth-order valence-electron chi connectivity index (χ4n) is 3.55. The molecule has 3 heterocycles. The Labute approximate surface area is 124 Å². The quantitative estimate of drug-likeness (QED) is 0.933. The molecule has 0 saturated carbocycles. The number of piperidine rings is 1. The van der Waals surface area contributed by atoms with E-state index >= 15 is 0 Å². The second-order valence-corrected chi connectivity index (χ2v) is 5.97. The van der Waals surface area contributed by atoms with Gasteiger partial charge in [-0.05, 0) is 44.0 Å². The molecule has 21 heavy (non-hydrogen) atoms. The Morgan fingerprint density at radius 3 is 3.00 bits per heavy atom. The molecular weight excluding hydrogens is 264 g/mol. The van der Waals surface area contributed by atoms with Crippen molar-refractivity contribution >= 4 is 0 Å². The number of likely N-dealkylation sites (tertiary alicyclic amines) is 1. The Kier molecular flexibility index (Phi) is 3.45. The molecule has 0 aliphatic carbocycles. The summed E-state index contributed by atoms with van der Waals surface area (Å²) in [5.74, 6) is 2.13. The first-order chi connectivity index (χ1) is 10.4. The molecule has 2 aliphatic heterocycles. The first-order valence-corrected chi connectivity index (χ1v) is 7.73. The number of fused-ring (bicyclic) bond motifs is 1. The van der Waals surface area contributed by atoms with Gasteiger partial charge >= 0.3 is 0 Å². The molecule has 2 aliphatic rings. The van der Waals surface area contributed by atoms with Crippen molar-refractivity contribution in [3.8, 4) is 11.5 Å². The van der Waals surface area contributed by atoms with Crippen molar-refractivity contribution in [2.45, 2.75) is 25.4 Å². The second-order valence-electron chi connectivity index (χ2n) is 5.97. The third-order valence-electron chi connectivity index (χ3n) is 4.62. The standard InChI is InChI=1S/C16H20N4O/c1-2-5-12(6-3-1)16-19-18-15(21-16)11-20-8-4-7-13-9-17-10-14(13)20/h1-3,5-6,13-14,17H,4,7-11H2. The van der Waals surface area contributed by atoms with E-state index < -0.39 is 0 Å². The number of nitrogens with one attached hydrogen (secondary N) is 1. The van der Waals surface area contributed by atoms with Gasteiger partial charge in [-0.3, -0.25) is 4.90 Å². The molecule has 2 fully saturated rings. The minimum absolute atomic E-state index is 0.615. The molecule has 0 amide bonds. The van der Waals surface area contributed by atoms with E-state index in [-0.39, 0.29) is 0 Å². The molecule has 5 nitrogen and oxygen atoms in total. The molecule has 5 heteroatoms. The van der Waals surface area contributed by atoms with E-state index in [9.17, 15) is 0 Å². The van der Waals surface area contributed by atoms with Crippen LogP contribution in [0.25, 0.3) is 11.5 Å². The number of nitrogens with zero attached hydrogens (tertiary/aromatic N) is 3. The van der Waals surface area contributed by atoms with Crippen molar-refractivity contribution in [3.05, 3.63) is 36.2 Å². The van der Waals surface area contributed by atoms with Crippen LogP contribution < -0.4 is 5.32 Å². The Morgan fingerprint density at radius 1 is 1.19 bits per heavy atom. The molecule has 1 N–H and O–H groups in total. The number of rotatable bonds is 3. The third kappa shape index (κ3) is 2.59. The lowest BCUT2D eigenvalue weighted by Gasteiger charge is -2.35. The van der Waals surface area contributed by atoms with Crippen LogP contribution in [0.4, 0.5) is 0 Å². The Balaban J connectivity index is 1.49. The highest BCUT2D eigenvalue weighted by molar-refractivity contribution is 5.51. The van der Waals surface area contributed by atoms with Crippen LogP contribution in [0.3, 0.4) is 0 Å². The third-order valence-corrected chi connectivity index (χ3v) is 4.62. The summed E-state index contributed by atoms with van der Waals surface area (Å²) >= 11 is 0. The van der Waals surface area contributed by atoms with E-state index in [1.165, 1.54) is 12.8 Å². The summed E-state index contributed by atoms with van der Waals surface area (Å²) in [6, 6.07) is 10.6. The molecular formula is C16H20N4O. The molecule has 1 aromatic carbocycles. The highest BCUT2D eigenvalue weighted by Crippen LogP contribution is 2.28. The van der Waals surface area contributed by atoms with Crippen LogP contribution in [0.15, 0.2) is 34.7 Å². The van der Waals surface area contributed by atoms with Crippen molar-refractivity contribution in [2.75, 3.05) is 19.6 Å². The van der Waals surface area contributed by atoms with Crippen molar-refractivity contribution in [1.29, 1.82) is 0 Å². The SMILES string of the molecule is c1ccc(-c2nnc(CN3CCCC4CNCC43)o2)cc1. The predicted molar refractivity (Wildman–Crippen MR) is 79.5 cm³/mol. The molecule has 0 spiro atoms. The fourth-order valence-corrected chi connectivity index (χ4v) is 3.55. The Bertz CT molecular complexity index is 597. The van der Waals surface area contributed by atoms with Crippen molar-refractivity contribution in [1.82, 2.24) is 20.4 Å². The zero-order chi connectivity index (χ0) is 14.1. The van der Waals surface area contributed by atoms with Gasteiger partial charge in [0.05, 0.1) is 6.54 Å². The number of aromatic nitrogens is 2. The average molecular weight is 284 g/mol. The van der Waals surface area contributed by atoms with Gasteiger partial charge < -0.3 is 9.73 Å². The van der Waals surface area contributed by atoms with Crippen LogP contribution in [-0.2, 0) is 6.54 Å². The van der Waals surface area contributed by atoms with Crippen molar-refractivity contribution in [3.63, 3.8) is 0 Å². The number of hydrogen-bond acceptors (Lipinski definition) is 5. The van der Waals surface area contributed by atoms with E-state index in [1.807, 2.05) is 30.3 Å². The molecule has 2 atom stereocenters. The van der Waals surface area contributed by atoms with Gasteiger partial charge in [-0.25, -0.2) is 0 Å². The van der Waals surface area contributed by atoms with E-state index in [0.29, 0.717) is 11.9 Å². The first kappa shape index (κ1) is 13.0. The van der Waals surface area contributed by atoms with Crippen LogP contribution in [-0.4, -0.2) is 40.8 Å². The monoisotopic (exact) mass is 284 g/mol. The molecule has 2 aromatic rings. The maximum absolute atomic E-state index is 5.84. The van der Waals surface area contributed by atoms with Crippen LogP contribution >= 0.6 is 0 Å². The van der Waals surface area contributed by atoms with Crippen LogP contribution in [0, 0.1) is 5.92 Å². The van der Waals surface area contributed by atoms with E-state index in [4.69, 9.17) is 4.42 Å². The maximum atomic E-state index is 5.84. The largest absolute Gasteiger partial charge is 0.419 e. The van der Waals surface area contributed by atoms with Gasteiger partial charge in [0, 0.05) is 18.2 Å². The summed E-state index contributed by atoms with van der Waals surface area (Å²) in [7, 11) is 0. The van der Waals surface area contributed by atoms with Gasteiger partial charge in [-0.2, -0.15) is 0 Å². The molecule has 110 valence electrons. The topological polar surface area (TPSA) is 54.2 Å². The smallest absolute Gasteiger partial charge is 0.247 e. The molecule has 0 bridgehead atoms. The minimum atomic E-state index is 0.615. The van der Waals surface area contributed by atoms with Crippen molar-refractivity contribution in [2.24, 2.45) is 5.92 Å². The summed E-state index contributed by atoms with van der Waals surface area (Å²) in [6.07, 6.45) is 2.61. The van der Waals surface area contributed by atoms with Gasteiger partial charge in [0.2, 0.25) is 11.8 Å². The van der Waals surface area contributed by atoms with Gasteiger partial charge in [0.25, 0.3) is 0 Å². The van der Waals surface area contributed by atoms with Gasteiger partial charge in [-0.15, -0.1) is 10.2 Å². The zero-order valence-corrected chi connectivity index (χ0v) is 12.0. The second kappa shape index (κ2) is 5.58. The molecule has 4 rings (SSSR count). The van der Waals surface area contributed by atoms with E-state index in [2.05, 4.69) is 20.4 Å². The summed E-state index contributed by atoms with van der Waals surface area (Å²) < 4.78 is 5.84. The summed E-state index contributed by atoms with van der Waals surface area (Å²) in [4.78, 5) is 2.50. The predicted octanol–water partition coefficient (Wildman–Crippen LogP) is 1.92. The number of benzene rings is 1. The van der Waals surface area contributed by atoms with Crippen LogP contribution in [0.5, 0.6) is 0 Å². The van der Waals surface area contributed by atoms with Crippen molar-refractivity contribution < 1.29 is 4.42 Å². The summed E-state index contributed by atoms with van der Waals surface area (Å²) in [5.41, 5.74) is 0.982. The Hall–Kier alpha value is -1.72. The first-order valence-electron chi connectivity index (χ1n) is 7.73. The van der Waals surface area contributed by atoms with Gasteiger partial charge in [-0.1, -0.05) is 18.2 Å². The maximum Gasteiger partial charge on any atom is 0.247 e. The zero-order valence-electron chi connectivity index (χ0n) is 12.0.